The molecule has 1 aliphatic rings. The van der Waals surface area contributed by atoms with Gasteiger partial charge in [-0.1, -0.05) is 47.7 Å². The van der Waals surface area contributed by atoms with E-state index in [2.05, 4.69) is 22.9 Å². The largest absolute Gasteiger partial charge is 0.416 e. The van der Waals surface area contributed by atoms with Crippen LogP contribution >= 0.6 is 24.4 Å². The van der Waals surface area contributed by atoms with Crippen molar-refractivity contribution >= 4 is 41.2 Å². The fourth-order valence-electron chi connectivity index (χ4n) is 2.45. The number of rotatable bonds is 3. The Bertz CT molecular complexity index is 850. The van der Waals surface area contributed by atoms with Crippen LogP contribution in [0.15, 0.2) is 53.5 Å². The molecule has 1 heterocycles. The number of carbonyl (C=O) groups excluding carboxylic acids is 1. The van der Waals surface area contributed by atoms with E-state index >= 15 is 0 Å². The van der Waals surface area contributed by atoms with Crippen LogP contribution in [0.4, 0.5) is 18.9 Å². The topological polar surface area (TPSA) is 41.5 Å². The van der Waals surface area contributed by atoms with Gasteiger partial charge in [0, 0.05) is 5.25 Å². The van der Waals surface area contributed by atoms with Gasteiger partial charge in [-0.15, -0.1) is 0 Å². The molecule has 0 saturated carbocycles. The molecule has 1 aliphatic heterocycles. The fraction of sp³-hybridized carbons (Fsp3) is 0.222. The number of hydrogen-bond donors (Lipinski definition) is 2. The SMILES string of the molecule is Cc1ccc(N=C2NC(=O)C(C(S)c3cccc(C(F)(F)F)c3)S2)cc1. The van der Waals surface area contributed by atoms with Crippen LogP contribution in [0.2, 0.25) is 0 Å². The number of aryl methyl sites for hydroxylation is 1. The average Bonchev–Trinajstić information content (AvgIpc) is 2.96. The van der Waals surface area contributed by atoms with Crippen LogP contribution in [0, 0.1) is 6.92 Å². The number of halogens is 3. The molecule has 2 aromatic carbocycles. The molecule has 26 heavy (non-hydrogen) atoms. The predicted octanol–water partition coefficient (Wildman–Crippen LogP) is 4.90. The summed E-state index contributed by atoms with van der Waals surface area (Å²) in [4.78, 5) is 16.6. The van der Waals surface area contributed by atoms with Crippen LogP contribution in [0.25, 0.3) is 0 Å². The monoisotopic (exact) mass is 396 g/mol. The minimum Gasteiger partial charge on any atom is -0.304 e. The Morgan fingerprint density at radius 3 is 2.54 bits per heavy atom. The minimum absolute atomic E-state index is 0.321. The summed E-state index contributed by atoms with van der Waals surface area (Å²) in [5, 5.41) is 1.73. The van der Waals surface area contributed by atoms with Gasteiger partial charge >= 0.3 is 6.18 Å². The van der Waals surface area contributed by atoms with Crippen molar-refractivity contribution in [1.82, 2.24) is 5.32 Å². The molecule has 3 nitrogen and oxygen atoms in total. The normalized spacial score (nSPS) is 20.3. The van der Waals surface area contributed by atoms with E-state index in [1.807, 2.05) is 31.2 Å². The Hall–Kier alpha value is -1.93. The van der Waals surface area contributed by atoms with E-state index in [1.54, 1.807) is 0 Å². The van der Waals surface area contributed by atoms with Crippen LogP contribution < -0.4 is 5.32 Å². The van der Waals surface area contributed by atoms with E-state index in [-0.39, 0.29) is 5.91 Å². The third-order valence-corrected chi connectivity index (χ3v) is 5.79. The smallest absolute Gasteiger partial charge is 0.304 e. The number of aliphatic imine (C=N–C) groups is 1. The molecule has 0 aromatic heterocycles. The molecular weight excluding hydrogens is 381 g/mol. The first-order valence-corrected chi connectivity index (χ1v) is 9.12. The summed E-state index contributed by atoms with van der Waals surface area (Å²) < 4.78 is 38.7. The van der Waals surface area contributed by atoms with Crippen LogP contribution in [0.3, 0.4) is 0 Å². The Labute approximate surface area is 158 Å². The number of nitrogens with zero attached hydrogens (tertiary/aromatic N) is 1. The Balaban J connectivity index is 1.79. The molecule has 8 heteroatoms. The first-order chi connectivity index (χ1) is 12.2. The lowest BCUT2D eigenvalue weighted by molar-refractivity contribution is -0.137. The van der Waals surface area contributed by atoms with Crippen LogP contribution in [0.1, 0.15) is 21.9 Å². The molecule has 1 amide bonds. The van der Waals surface area contributed by atoms with Gasteiger partial charge in [0.05, 0.1) is 11.3 Å². The maximum atomic E-state index is 12.9. The van der Waals surface area contributed by atoms with Crippen molar-refractivity contribution < 1.29 is 18.0 Å². The van der Waals surface area contributed by atoms with E-state index in [4.69, 9.17) is 0 Å². The highest BCUT2D eigenvalue weighted by Crippen LogP contribution is 2.38. The predicted molar refractivity (Wildman–Crippen MR) is 101 cm³/mol. The zero-order valence-electron chi connectivity index (χ0n) is 13.6. The average molecular weight is 396 g/mol. The summed E-state index contributed by atoms with van der Waals surface area (Å²) in [7, 11) is 0. The molecule has 136 valence electrons. The lowest BCUT2D eigenvalue weighted by atomic mass is 10.0. The quantitative estimate of drug-likeness (QED) is 0.725. The highest BCUT2D eigenvalue weighted by molar-refractivity contribution is 8.16. The van der Waals surface area contributed by atoms with Gasteiger partial charge in [0.2, 0.25) is 5.91 Å². The number of thioether (sulfide) groups is 1. The molecule has 2 aromatic rings. The maximum absolute atomic E-state index is 12.9. The summed E-state index contributed by atoms with van der Waals surface area (Å²) in [5.74, 6) is -0.321. The van der Waals surface area contributed by atoms with Gasteiger partial charge in [-0.25, -0.2) is 4.99 Å². The number of alkyl halides is 3. The van der Waals surface area contributed by atoms with Gasteiger partial charge < -0.3 is 5.32 Å². The molecule has 1 fully saturated rings. The number of carbonyl (C=O) groups is 1. The van der Waals surface area contributed by atoms with Gasteiger partial charge in [-0.3, -0.25) is 4.79 Å². The number of nitrogens with one attached hydrogen (secondary N) is 1. The lowest BCUT2D eigenvalue weighted by Crippen LogP contribution is -2.27. The second kappa shape index (κ2) is 7.36. The molecule has 0 spiro atoms. The molecule has 0 radical (unpaired) electrons. The molecule has 0 aliphatic carbocycles. The lowest BCUT2D eigenvalue weighted by Gasteiger charge is -2.16. The second-order valence-electron chi connectivity index (χ2n) is 5.85. The van der Waals surface area contributed by atoms with E-state index in [9.17, 15) is 18.0 Å². The standard InChI is InChI=1S/C18H15F3N2OS2/c1-10-5-7-13(8-6-10)22-17-23-16(24)15(26-17)14(25)11-3-2-4-12(9-11)18(19,20)21/h2-9,14-15,25H,1H3,(H,22,23,24). The Kier molecular flexibility index (Phi) is 5.34. The highest BCUT2D eigenvalue weighted by atomic mass is 32.2. The summed E-state index contributed by atoms with van der Waals surface area (Å²) >= 11 is 5.56. The van der Waals surface area contributed by atoms with Gasteiger partial charge in [0.1, 0.15) is 5.25 Å². The Morgan fingerprint density at radius 1 is 1.19 bits per heavy atom. The third-order valence-electron chi connectivity index (χ3n) is 3.83. The van der Waals surface area contributed by atoms with Crippen molar-refractivity contribution in [3.05, 3.63) is 65.2 Å². The molecule has 3 rings (SSSR count). The zero-order chi connectivity index (χ0) is 18.9. The molecule has 2 atom stereocenters. The highest BCUT2D eigenvalue weighted by Gasteiger charge is 2.37. The number of amidine groups is 1. The summed E-state index contributed by atoms with van der Waals surface area (Å²) in [6.45, 7) is 1.96. The Morgan fingerprint density at radius 2 is 1.88 bits per heavy atom. The van der Waals surface area contributed by atoms with Crippen LogP contribution in [0.5, 0.6) is 0 Å². The van der Waals surface area contributed by atoms with Gasteiger partial charge in [0.15, 0.2) is 5.17 Å². The molecule has 1 N–H and O–H groups in total. The van der Waals surface area contributed by atoms with E-state index in [0.29, 0.717) is 16.4 Å². The molecule has 2 unspecified atom stereocenters. The minimum atomic E-state index is -4.44. The van der Waals surface area contributed by atoms with E-state index < -0.39 is 22.2 Å². The van der Waals surface area contributed by atoms with Crippen molar-refractivity contribution in [2.24, 2.45) is 4.99 Å². The van der Waals surface area contributed by atoms with Crippen molar-refractivity contribution in [3.63, 3.8) is 0 Å². The first kappa shape index (κ1) is 18.8. The second-order valence-corrected chi connectivity index (χ2v) is 7.53. The van der Waals surface area contributed by atoms with Crippen molar-refractivity contribution in [1.29, 1.82) is 0 Å². The van der Waals surface area contributed by atoms with Crippen molar-refractivity contribution in [2.45, 2.75) is 23.6 Å². The summed E-state index contributed by atoms with van der Waals surface area (Å²) in [5.41, 5.74) is 1.36. The zero-order valence-corrected chi connectivity index (χ0v) is 15.3. The van der Waals surface area contributed by atoms with Crippen molar-refractivity contribution in [2.75, 3.05) is 0 Å². The number of amides is 1. The molecular formula is C18H15F3N2OS2. The number of thiol groups is 1. The fourth-order valence-corrected chi connectivity index (χ4v) is 3.94. The van der Waals surface area contributed by atoms with Crippen LogP contribution in [-0.2, 0) is 11.0 Å². The first-order valence-electron chi connectivity index (χ1n) is 7.72. The number of benzene rings is 2. The van der Waals surface area contributed by atoms with E-state index in [1.165, 1.54) is 23.9 Å². The molecule has 0 bridgehead atoms. The summed E-state index contributed by atoms with van der Waals surface area (Å²) in [6, 6.07) is 12.3. The van der Waals surface area contributed by atoms with Gasteiger partial charge in [-0.05, 0) is 30.7 Å². The third kappa shape index (κ3) is 4.24. The molecule has 1 saturated heterocycles. The van der Waals surface area contributed by atoms with Crippen LogP contribution in [-0.4, -0.2) is 16.3 Å². The summed E-state index contributed by atoms with van der Waals surface area (Å²) in [6.07, 6.45) is -4.44. The van der Waals surface area contributed by atoms with Gasteiger partial charge in [-0.2, -0.15) is 25.8 Å². The number of hydrogen-bond acceptors (Lipinski definition) is 4. The maximum Gasteiger partial charge on any atom is 0.416 e. The van der Waals surface area contributed by atoms with E-state index in [0.717, 1.165) is 17.7 Å². The van der Waals surface area contributed by atoms with Gasteiger partial charge in [0.25, 0.3) is 0 Å². The van der Waals surface area contributed by atoms with Crippen molar-refractivity contribution in [3.8, 4) is 0 Å².